The maximum Gasteiger partial charge on any atom is 0.250 e. The van der Waals surface area contributed by atoms with Crippen LogP contribution in [0.2, 0.25) is 0 Å². The van der Waals surface area contributed by atoms with Gasteiger partial charge >= 0.3 is 0 Å². The largest absolute Gasteiger partial charge is 0.316 e. The fraction of sp³-hybridized carbons (Fsp3) is 0.385. The van der Waals surface area contributed by atoms with Crippen LogP contribution in [0.15, 0.2) is 33.2 Å². The lowest BCUT2D eigenvalue weighted by molar-refractivity contribution is 0.562. The van der Waals surface area contributed by atoms with E-state index in [1.54, 1.807) is 17.4 Å². The lowest BCUT2D eigenvalue weighted by Crippen LogP contribution is -2.33. The van der Waals surface area contributed by atoms with Crippen molar-refractivity contribution in [3.63, 3.8) is 0 Å². The first-order valence-corrected chi connectivity index (χ1v) is 9.52. The van der Waals surface area contributed by atoms with Crippen LogP contribution in [0.3, 0.4) is 0 Å². The molecule has 0 aliphatic heterocycles. The third-order valence-corrected chi connectivity index (χ3v) is 6.70. The highest BCUT2D eigenvalue weighted by Gasteiger charge is 2.19. The third kappa shape index (κ3) is 4.13. The van der Waals surface area contributed by atoms with E-state index >= 15 is 0 Å². The van der Waals surface area contributed by atoms with Gasteiger partial charge in [0.25, 0.3) is 0 Å². The van der Waals surface area contributed by atoms with Crippen LogP contribution in [0.4, 0.5) is 0 Å². The van der Waals surface area contributed by atoms with Crippen molar-refractivity contribution in [1.82, 2.24) is 10.0 Å². The summed E-state index contributed by atoms with van der Waals surface area (Å²) in [5, 5.41) is 6.88. The fourth-order valence-corrected chi connectivity index (χ4v) is 5.19. The van der Waals surface area contributed by atoms with Gasteiger partial charge in [-0.2, -0.15) is 0 Å². The number of thiophene rings is 2. The van der Waals surface area contributed by atoms with Gasteiger partial charge in [-0.05, 0) is 48.8 Å². The average Bonchev–Trinajstić information content (AvgIpc) is 3.00. The van der Waals surface area contributed by atoms with Crippen molar-refractivity contribution in [3.05, 3.63) is 39.4 Å². The summed E-state index contributed by atoms with van der Waals surface area (Å²) < 4.78 is 27.7. The smallest absolute Gasteiger partial charge is 0.250 e. The maximum absolute atomic E-state index is 12.3. The molecule has 0 bridgehead atoms. The predicted octanol–water partition coefficient (Wildman–Crippen LogP) is 2.44. The Morgan fingerprint density at radius 3 is 2.80 bits per heavy atom. The van der Waals surface area contributed by atoms with Gasteiger partial charge in [0.05, 0.1) is 0 Å². The van der Waals surface area contributed by atoms with Gasteiger partial charge in [0.15, 0.2) is 0 Å². The molecule has 0 spiro atoms. The van der Waals surface area contributed by atoms with Crippen LogP contribution >= 0.6 is 22.7 Å². The topological polar surface area (TPSA) is 58.2 Å². The van der Waals surface area contributed by atoms with E-state index in [1.807, 2.05) is 36.9 Å². The Kier molecular flexibility index (Phi) is 5.34. The molecule has 0 amide bonds. The van der Waals surface area contributed by atoms with Crippen LogP contribution < -0.4 is 10.0 Å². The minimum absolute atomic E-state index is 0.117. The van der Waals surface area contributed by atoms with Crippen molar-refractivity contribution in [2.45, 2.75) is 30.1 Å². The van der Waals surface area contributed by atoms with Crippen molar-refractivity contribution in [2.24, 2.45) is 0 Å². The van der Waals surface area contributed by atoms with Crippen LogP contribution in [0.5, 0.6) is 0 Å². The minimum Gasteiger partial charge on any atom is -0.316 e. The maximum atomic E-state index is 12.3. The summed E-state index contributed by atoms with van der Waals surface area (Å²) in [5.41, 5.74) is 0.990. The predicted molar refractivity (Wildman–Crippen MR) is 84.9 cm³/mol. The van der Waals surface area contributed by atoms with E-state index in [0.717, 1.165) is 5.56 Å². The Morgan fingerprint density at radius 1 is 1.35 bits per heavy atom. The highest BCUT2D eigenvalue weighted by Crippen LogP contribution is 2.21. The second-order valence-corrected chi connectivity index (χ2v) is 8.49. The zero-order valence-electron chi connectivity index (χ0n) is 11.4. The van der Waals surface area contributed by atoms with Gasteiger partial charge in [-0.1, -0.05) is 6.07 Å². The first-order chi connectivity index (χ1) is 9.51. The number of hydrogen-bond donors (Lipinski definition) is 2. The molecule has 7 heteroatoms. The Morgan fingerprint density at radius 2 is 2.15 bits per heavy atom. The van der Waals surface area contributed by atoms with Crippen LogP contribution in [0.25, 0.3) is 0 Å². The van der Waals surface area contributed by atoms with Crippen LogP contribution in [0, 0.1) is 0 Å². The van der Waals surface area contributed by atoms with Crippen molar-refractivity contribution >= 4 is 32.7 Å². The number of nitrogens with one attached hydrogen (secondary N) is 2. The molecule has 2 heterocycles. The van der Waals surface area contributed by atoms with E-state index in [4.69, 9.17) is 0 Å². The Hall–Kier alpha value is -0.730. The second kappa shape index (κ2) is 6.82. The lowest BCUT2D eigenvalue weighted by Gasteiger charge is -2.12. The highest BCUT2D eigenvalue weighted by atomic mass is 32.2. The molecule has 0 aliphatic carbocycles. The van der Waals surface area contributed by atoms with Gasteiger partial charge in [-0.3, -0.25) is 0 Å². The summed E-state index contributed by atoms with van der Waals surface area (Å²) in [7, 11) is -1.57. The van der Waals surface area contributed by atoms with Crippen molar-refractivity contribution in [1.29, 1.82) is 0 Å². The van der Waals surface area contributed by atoms with Crippen molar-refractivity contribution in [2.75, 3.05) is 7.05 Å². The summed E-state index contributed by atoms with van der Waals surface area (Å²) in [6.45, 7) is 2.57. The molecular weight excluding hydrogens is 312 g/mol. The van der Waals surface area contributed by atoms with Gasteiger partial charge in [-0.25, -0.2) is 13.1 Å². The van der Waals surface area contributed by atoms with Gasteiger partial charge in [0.1, 0.15) is 4.21 Å². The Labute approximate surface area is 127 Å². The molecule has 2 aromatic heterocycles. The molecule has 1 unspecified atom stereocenters. The van der Waals surface area contributed by atoms with E-state index < -0.39 is 10.0 Å². The molecular formula is C13H18N2O2S3. The molecule has 0 radical (unpaired) electrons. The quantitative estimate of drug-likeness (QED) is 0.820. The normalized spacial score (nSPS) is 13.5. The molecule has 1 atom stereocenters. The van der Waals surface area contributed by atoms with Gasteiger partial charge < -0.3 is 5.32 Å². The van der Waals surface area contributed by atoms with Crippen molar-refractivity contribution in [3.8, 4) is 0 Å². The van der Waals surface area contributed by atoms with Crippen molar-refractivity contribution < 1.29 is 8.42 Å². The Balaban J connectivity index is 2.02. The summed E-state index contributed by atoms with van der Waals surface area (Å²) >= 11 is 2.90. The van der Waals surface area contributed by atoms with Gasteiger partial charge in [0, 0.05) is 17.5 Å². The number of rotatable bonds is 7. The van der Waals surface area contributed by atoms with Crippen LogP contribution in [-0.4, -0.2) is 21.5 Å². The first-order valence-electron chi connectivity index (χ1n) is 6.28. The summed E-state index contributed by atoms with van der Waals surface area (Å²) in [5.74, 6) is 0. The second-order valence-electron chi connectivity index (χ2n) is 4.61. The van der Waals surface area contributed by atoms with E-state index in [-0.39, 0.29) is 6.04 Å². The van der Waals surface area contributed by atoms with E-state index in [0.29, 0.717) is 17.2 Å². The summed E-state index contributed by atoms with van der Waals surface area (Å²) in [6.07, 6.45) is 0.714. The SMILES string of the molecule is CNCc1csc(S(=O)(=O)NC(C)Cc2cccs2)c1. The molecule has 2 rings (SSSR count). The van der Waals surface area contributed by atoms with E-state index in [2.05, 4.69) is 10.0 Å². The molecule has 0 saturated carbocycles. The molecule has 4 nitrogen and oxygen atoms in total. The molecule has 20 heavy (non-hydrogen) atoms. The zero-order valence-corrected chi connectivity index (χ0v) is 13.9. The summed E-state index contributed by atoms with van der Waals surface area (Å²) in [4.78, 5) is 1.18. The number of hydrogen-bond acceptors (Lipinski definition) is 5. The molecule has 0 fully saturated rings. The first kappa shape index (κ1) is 15.7. The van der Waals surface area contributed by atoms with Crippen LogP contribution in [0.1, 0.15) is 17.4 Å². The van der Waals surface area contributed by atoms with Gasteiger partial charge in [-0.15, -0.1) is 22.7 Å². The number of sulfonamides is 1. The molecule has 0 aliphatic rings. The van der Waals surface area contributed by atoms with E-state index in [9.17, 15) is 8.42 Å². The average molecular weight is 330 g/mol. The highest BCUT2D eigenvalue weighted by molar-refractivity contribution is 7.91. The molecule has 2 aromatic rings. The summed E-state index contributed by atoms with van der Waals surface area (Å²) in [6, 6.07) is 5.60. The van der Waals surface area contributed by atoms with E-state index in [1.165, 1.54) is 16.2 Å². The van der Waals surface area contributed by atoms with Gasteiger partial charge in [0.2, 0.25) is 10.0 Å². The monoisotopic (exact) mass is 330 g/mol. The molecule has 0 saturated heterocycles. The zero-order chi connectivity index (χ0) is 14.6. The molecule has 0 aromatic carbocycles. The lowest BCUT2D eigenvalue weighted by atomic mass is 10.2. The molecule has 2 N–H and O–H groups in total. The van der Waals surface area contributed by atoms with Crippen LogP contribution in [-0.2, 0) is 23.0 Å². The standard InChI is InChI=1S/C13H18N2O2S3/c1-10(6-12-4-3-5-18-12)15-20(16,17)13-7-11(8-14-2)9-19-13/h3-5,7,9-10,14-15H,6,8H2,1-2H3. The molecule has 110 valence electrons. The Bertz CT molecular complexity index is 632. The fourth-order valence-electron chi connectivity index (χ4n) is 1.89. The third-order valence-electron chi connectivity index (χ3n) is 2.72. The minimum atomic E-state index is -3.41.